The molecule has 20 heavy (non-hydrogen) atoms. The third-order valence-corrected chi connectivity index (χ3v) is 3.50. The highest BCUT2D eigenvalue weighted by Crippen LogP contribution is 2.34. The van der Waals surface area contributed by atoms with E-state index in [0.29, 0.717) is 0 Å². The van der Waals surface area contributed by atoms with Crippen LogP contribution in [-0.2, 0) is 14.3 Å². The molecule has 1 fully saturated rings. The van der Waals surface area contributed by atoms with E-state index in [0.717, 1.165) is 0 Å². The number of amides is 3. The van der Waals surface area contributed by atoms with Crippen molar-refractivity contribution in [3.05, 3.63) is 12.2 Å². The quantitative estimate of drug-likeness (QED) is 0.554. The summed E-state index contributed by atoms with van der Waals surface area (Å²) in [5.41, 5.74) is -0.608. The molecule has 1 heterocycles. The number of hydrogen-bond acceptors (Lipinski definition) is 4. The number of allylic oxidation sites excluding steroid dienone is 1. The Morgan fingerprint density at radius 1 is 1.20 bits per heavy atom. The molecular formula is C14H20N2O4. The minimum atomic E-state index is -0.608. The number of fused-ring (bicyclic) bond motifs is 1. The Kier molecular flexibility index (Phi) is 3.58. The average molecular weight is 280 g/mol. The standard InChI is InChI=1S/C14H20N2O4/c1-7-5-6-8(15-13(19)20-14(2,3)4)10-9(7)11(17)16-12(10)18/h5-10H,1-4H3,(H,15,19)(H,16,17,18). The zero-order chi connectivity index (χ0) is 15.1. The third kappa shape index (κ3) is 2.84. The number of alkyl carbamates (subject to hydrolysis) is 1. The fraction of sp³-hybridized carbons (Fsp3) is 0.643. The average Bonchev–Trinajstić information content (AvgIpc) is 2.57. The molecule has 0 spiro atoms. The summed E-state index contributed by atoms with van der Waals surface area (Å²) in [6.07, 6.45) is 3.02. The normalized spacial score (nSPS) is 32.6. The van der Waals surface area contributed by atoms with Gasteiger partial charge in [0.1, 0.15) is 5.60 Å². The first-order valence-corrected chi connectivity index (χ1v) is 6.71. The molecule has 1 aliphatic carbocycles. The molecule has 110 valence electrons. The largest absolute Gasteiger partial charge is 0.444 e. The highest BCUT2D eigenvalue weighted by atomic mass is 16.6. The van der Waals surface area contributed by atoms with Crippen LogP contribution in [0.5, 0.6) is 0 Å². The van der Waals surface area contributed by atoms with Crippen LogP contribution < -0.4 is 10.6 Å². The molecule has 4 atom stereocenters. The molecule has 0 bridgehead atoms. The van der Waals surface area contributed by atoms with Gasteiger partial charge in [0.25, 0.3) is 0 Å². The Morgan fingerprint density at radius 2 is 1.80 bits per heavy atom. The summed E-state index contributed by atoms with van der Waals surface area (Å²) in [5.74, 6) is -1.62. The molecule has 6 heteroatoms. The number of ether oxygens (including phenoxy) is 1. The highest BCUT2D eigenvalue weighted by molar-refractivity contribution is 6.06. The molecule has 1 saturated heterocycles. The van der Waals surface area contributed by atoms with Gasteiger partial charge in [0, 0.05) is 0 Å². The van der Waals surface area contributed by atoms with E-state index in [-0.39, 0.29) is 17.7 Å². The van der Waals surface area contributed by atoms with E-state index in [2.05, 4.69) is 10.6 Å². The fourth-order valence-electron chi connectivity index (χ4n) is 2.68. The molecule has 1 aliphatic heterocycles. The number of nitrogens with one attached hydrogen (secondary N) is 2. The van der Waals surface area contributed by atoms with Crippen molar-refractivity contribution < 1.29 is 19.1 Å². The van der Waals surface area contributed by atoms with E-state index in [1.165, 1.54) is 0 Å². The van der Waals surface area contributed by atoms with E-state index in [1.807, 2.05) is 13.0 Å². The van der Waals surface area contributed by atoms with Gasteiger partial charge >= 0.3 is 6.09 Å². The van der Waals surface area contributed by atoms with Crippen LogP contribution in [-0.4, -0.2) is 29.6 Å². The molecule has 0 aromatic heterocycles. The lowest BCUT2D eigenvalue weighted by molar-refractivity contribution is -0.126. The number of carbonyl (C=O) groups is 3. The molecule has 0 radical (unpaired) electrons. The van der Waals surface area contributed by atoms with Crippen LogP contribution in [0.15, 0.2) is 12.2 Å². The van der Waals surface area contributed by atoms with Crippen molar-refractivity contribution in [3.63, 3.8) is 0 Å². The number of carbonyl (C=O) groups excluding carboxylic acids is 3. The Hall–Kier alpha value is -1.85. The van der Waals surface area contributed by atoms with E-state index in [9.17, 15) is 14.4 Å². The Balaban J connectivity index is 2.12. The summed E-state index contributed by atoms with van der Waals surface area (Å²) in [5, 5.41) is 4.99. The highest BCUT2D eigenvalue weighted by Gasteiger charge is 2.49. The van der Waals surface area contributed by atoms with Crippen LogP contribution in [0.4, 0.5) is 4.79 Å². The second-order valence-corrected chi connectivity index (χ2v) is 6.32. The van der Waals surface area contributed by atoms with Crippen LogP contribution in [0.3, 0.4) is 0 Å². The monoisotopic (exact) mass is 280 g/mol. The van der Waals surface area contributed by atoms with Crippen molar-refractivity contribution in [2.24, 2.45) is 17.8 Å². The fourth-order valence-corrected chi connectivity index (χ4v) is 2.68. The molecule has 2 aliphatic rings. The third-order valence-electron chi connectivity index (χ3n) is 3.50. The maximum atomic E-state index is 11.9. The second-order valence-electron chi connectivity index (χ2n) is 6.32. The van der Waals surface area contributed by atoms with Gasteiger partial charge in [0.2, 0.25) is 11.8 Å². The van der Waals surface area contributed by atoms with Gasteiger partial charge in [-0.25, -0.2) is 4.79 Å². The van der Waals surface area contributed by atoms with Crippen molar-refractivity contribution in [2.45, 2.75) is 39.3 Å². The smallest absolute Gasteiger partial charge is 0.408 e. The van der Waals surface area contributed by atoms with Gasteiger partial charge in [-0.1, -0.05) is 19.1 Å². The number of imide groups is 1. The van der Waals surface area contributed by atoms with Crippen molar-refractivity contribution in [3.8, 4) is 0 Å². The summed E-state index contributed by atoms with van der Waals surface area (Å²) < 4.78 is 5.18. The van der Waals surface area contributed by atoms with Crippen molar-refractivity contribution in [1.29, 1.82) is 0 Å². The van der Waals surface area contributed by atoms with Crippen molar-refractivity contribution in [1.82, 2.24) is 10.6 Å². The van der Waals surface area contributed by atoms with Gasteiger partial charge in [-0.15, -0.1) is 0 Å². The molecule has 0 aromatic rings. The second kappa shape index (κ2) is 4.92. The SMILES string of the molecule is CC1C=CC(NC(=O)OC(C)(C)C)C2C(=O)NC(=O)C12. The lowest BCUT2D eigenvalue weighted by atomic mass is 9.75. The molecule has 2 N–H and O–H groups in total. The summed E-state index contributed by atoms with van der Waals surface area (Å²) in [6, 6.07) is -0.516. The molecule has 0 aromatic carbocycles. The predicted molar refractivity (Wildman–Crippen MR) is 71.6 cm³/mol. The van der Waals surface area contributed by atoms with Gasteiger partial charge in [-0.2, -0.15) is 0 Å². The molecule has 6 nitrogen and oxygen atoms in total. The van der Waals surface area contributed by atoms with E-state index >= 15 is 0 Å². The molecule has 3 amide bonds. The van der Waals surface area contributed by atoms with Gasteiger partial charge in [0.05, 0.1) is 17.9 Å². The molecule has 2 rings (SSSR count). The van der Waals surface area contributed by atoms with Gasteiger partial charge < -0.3 is 10.1 Å². The maximum absolute atomic E-state index is 11.9. The first-order valence-electron chi connectivity index (χ1n) is 6.71. The zero-order valence-corrected chi connectivity index (χ0v) is 12.1. The van der Waals surface area contributed by atoms with Gasteiger partial charge in [-0.3, -0.25) is 14.9 Å². The number of hydrogen-bond donors (Lipinski definition) is 2. The van der Waals surface area contributed by atoms with E-state index in [4.69, 9.17) is 4.74 Å². The van der Waals surface area contributed by atoms with Crippen LogP contribution >= 0.6 is 0 Å². The van der Waals surface area contributed by atoms with Gasteiger partial charge in [0.15, 0.2) is 0 Å². The molecule has 0 saturated carbocycles. The van der Waals surface area contributed by atoms with Crippen LogP contribution in [0.25, 0.3) is 0 Å². The Bertz CT molecular complexity index is 478. The number of rotatable bonds is 1. The minimum absolute atomic E-state index is 0.0249. The first kappa shape index (κ1) is 14.6. The predicted octanol–water partition coefficient (Wildman–Crippen LogP) is 0.974. The van der Waals surface area contributed by atoms with Crippen molar-refractivity contribution >= 4 is 17.9 Å². The van der Waals surface area contributed by atoms with Crippen molar-refractivity contribution in [2.75, 3.05) is 0 Å². The van der Waals surface area contributed by atoms with Crippen LogP contribution in [0, 0.1) is 17.8 Å². The summed E-state index contributed by atoms with van der Waals surface area (Å²) >= 11 is 0. The van der Waals surface area contributed by atoms with Crippen LogP contribution in [0.2, 0.25) is 0 Å². The minimum Gasteiger partial charge on any atom is -0.444 e. The lowest BCUT2D eigenvalue weighted by Crippen LogP contribution is -2.48. The summed E-state index contributed by atoms with van der Waals surface area (Å²) in [6.45, 7) is 7.18. The topological polar surface area (TPSA) is 84.5 Å². The maximum Gasteiger partial charge on any atom is 0.408 e. The summed E-state index contributed by atoms with van der Waals surface area (Å²) in [7, 11) is 0. The lowest BCUT2D eigenvalue weighted by Gasteiger charge is -2.31. The van der Waals surface area contributed by atoms with E-state index in [1.54, 1.807) is 26.8 Å². The van der Waals surface area contributed by atoms with Gasteiger partial charge in [-0.05, 0) is 26.7 Å². The Morgan fingerprint density at radius 3 is 2.40 bits per heavy atom. The Labute approximate surface area is 117 Å². The molecular weight excluding hydrogens is 260 g/mol. The molecule has 4 unspecified atom stereocenters. The van der Waals surface area contributed by atoms with E-state index < -0.39 is 29.6 Å². The first-order chi connectivity index (χ1) is 9.19. The summed E-state index contributed by atoms with van der Waals surface area (Å²) in [4.78, 5) is 35.5. The zero-order valence-electron chi connectivity index (χ0n) is 12.1. The van der Waals surface area contributed by atoms with Crippen LogP contribution in [0.1, 0.15) is 27.7 Å².